The van der Waals surface area contributed by atoms with Crippen LogP contribution in [-0.2, 0) is 26.1 Å². The van der Waals surface area contributed by atoms with Gasteiger partial charge in [0.05, 0.1) is 28.8 Å². The van der Waals surface area contributed by atoms with Crippen LogP contribution < -0.4 is 10.1 Å². The zero-order chi connectivity index (χ0) is 21.2. The van der Waals surface area contributed by atoms with Crippen LogP contribution in [0.1, 0.15) is 11.1 Å². The molecule has 1 aliphatic rings. The summed E-state index contributed by atoms with van der Waals surface area (Å²) >= 11 is 0. The molecule has 6 nitrogen and oxygen atoms in total. The van der Waals surface area contributed by atoms with Crippen molar-refractivity contribution >= 4 is 19.7 Å². The number of sulfone groups is 2. The fourth-order valence-corrected chi connectivity index (χ4v) is 8.31. The Morgan fingerprint density at radius 2 is 1.93 bits per heavy atom. The molecule has 1 saturated heterocycles. The summed E-state index contributed by atoms with van der Waals surface area (Å²) in [7, 11) is -5.85. The lowest BCUT2D eigenvalue weighted by molar-refractivity contribution is 0.414. The second-order valence-electron chi connectivity index (χ2n) is 7.23. The molecule has 2 atom stereocenters. The van der Waals surface area contributed by atoms with Gasteiger partial charge in [0.2, 0.25) is 0 Å². The number of halogens is 1. The van der Waals surface area contributed by atoms with Crippen LogP contribution in [0, 0.1) is 12.7 Å². The van der Waals surface area contributed by atoms with Crippen molar-refractivity contribution in [3.05, 3.63) is 59.4 Å². The Hall–Kier alpha value is -1.97. The number of nitrogens with one attached hydrogen (secondary N) is 1. The minimum Gasteiger partial charge on any atom is -0.497 e. The monoisotopic (exact) mass is 441 g/mol. The van der Waals surface area contributed by atoms with E-state index in [1.54, 1.807) is 7.11 Å². The lowest BCUT2D eigenvalue weighted by Crippen LogP contribution is -2.44. The Balaban J connectivity index is 1.77. The first-order chi connectivity index (χ1) is 13.6. The second-order valence-corrected chi connectivity index (χ2v) is 11.6. The summed E-state index contributed by atoms with van der Waals surface area (Å²) in [6, 6.07) is 10.3. The van der Waals surface area contributed by atoms with E-state index in [9.17, 15) is 21.2 Å². The predicted octanol–water partition coefficient (Wildman–Crippen LogP) is 1.91. The fourth-order valence-electron chi connectivity index (χ4n) is 3.51. The predicted molar refractivity (Wildman–Crippen MR) is 109 cm³/mol. The number of hydrogen-bond donors (Lipinski definition) is 1. The Kier molecular flexibility index (Phi) is 6.30. The van der Waals surface area contributed by atoms with E-state index in [-0.39, 0.29) is 16.2 Å². The van der Waals surface area contributed by atoms with Gasteiger partial charge in [-0.3, -0.25) is 0 Å². The van der Waals surface area contributed by atoms with Crippen molar-refractivity contribution in [1.29, 1.82) is 0 Å². The molecule has 0 aromatic heterocycles. The van der Waals surface area contributed by atoms with Crippen molar-refractivity contribution in [1.82, 2.24) is 5.32 Å². The Morgan fingerprint density at radius 3 is 2.62 bits per heavy atom. The van der Waals surface area contributed by atoms with Gasteiger partial charge >= 0.3 is 0 Å². The standard InChI is InChI=1S/C20H24FNO5S2/c1-14-10-17(6-7-18(14)21)29(25,26)20-13-28(23,24)12-19(20)22-9-8-15-4-3-5-16(11-15)27-2/h3-7,10-11,19-20,22H,8-9,12-13H2,1-2H3. The number of methoxy groups -OCH3 is 1. The lowest BCUT2D eigenvalue weighted by atomic mass is 10.1. The number of aryl methyl sites for hydroxylation is 1. The largest absolute Gasteiger partial charge is 0.497 e. The molecule has 0 bridgehead atoms. The molecule has 0 radical (unpaired) electrons. The molecule has 0 amide bonds. The first kappa shape index (κ1) is 21.7. The molecule has 1 fully saturated rings. The first-order valence-corrected chi connectivity index (χ1v) is 12.6. The van der Waals surface area contributed by atoms with Crippen LogP contribution in [0.2, 0.25) is 0 Å². The molecule has 1 aliphatic heterocycles. The highest BCUT2D eigenvalue weighted by Gasteiger charge is 2.45. The van der Waals surface area contributed by atoms with Crippen molar-refractivity contribution in [3.63, 3.8) is 0 Å². The van der Waals surface area contributed by atoms with E-state index in [4.69, 9.17) is 4.74 Å². The van der Waals surface area contributed by atoms with Gasteiger partial charge in [-0.15, -0.1) is 0 Å². The van der Waals surface area contributed by atoms with E-state index in [1.807, 2.05) is 24.3 Å². The summed E-state index contributed by atoms with van der Waals surface area (Å²) in [4.78, 5) is -0.0573. The van der Waals surface area contributed by atoms with Crippen molar-refractivity contribution in [2.24, 2.45) is 0 Å². The van der Waals surface area contributed by atoms with Crippen molar-refractivity contribution in [2.75, 3.05) is 25.2 Å². The molecule has 9 heteroatoms. The van der Waals surface area contributed by atoms with Gasteiger partial charge < -0.3 is 10.1 Å². The minimum atomic E-state index is -3.93. The smallest absolute Gasteiger partial charge is 0.183 e. The summed E-state index contributed by atoms with van der Waals surface area (Å²) in [6.45, 7) is 1.89. The minimum absolute atomic E-state index is 0.0573. The second kappa shape index (κ2) is 8.41. The number of rotatable bonds is 7. The van der Waals surface area contributed by atoms with E-state index in [1.165, 1.54) is 19.1 Å². The highest BCUT2D eigenvalue weighted by Crippen LogP contribution is 2.27. The summed E-state index contributed by atoms with van der Waals surface area (Å²) in [5, 5.41) is 1.99. The van der Waals surface area contributed by atoms with E-state index < -0.39 is 42.5 Å². The maximum absolute atomic E-state index is 13.5. The highest BCUT2D eigenvalue weighted by molar-refractivity contribution is 7.96. The molecule has 2 unspecified atom stereocenters. The third kappa shape index (κ3) is 4.96. The van der Waals surface area contributed by atoms with Gasteiger partial charge in [-0.1, -0.05) is 12.1 Å². The molecule has 0 aliphatic carbocycles. The Labute approximate surface area is 170 Å². The molecule has 0 saturated carbocycles. The number of benzene rings is 2. The normalized spacial score (nSPS) is 21.2. The maximum atomic E-state index is 13.5. The van der Waals surface area contributed by atoms with Crippen LogP contribution in [0.5, 0.6) is 5.75 Å². The van der Waals surface area contributed by atoms with Crippen molar-refractivity contribution in [2.45, 2.75) is 29.5 Å². The third-order valence-electron chi connectivity index (χ3n) is 5.11. The Bertz CT molecular complexity index is 1100. The topological polar surface area (TPSA) is 89.5 Å². The molecule has 158 valence electrons. The molecule has 1 N–H and O–H groups in total. The fraction of sp³-hybridized carbons (Fsp3) is 0.400. The average molecular weight is 442 g/mol. The Morgan fingerprint density at radius 1 is 1.17 bits per heavy atom. The van der Waals surface area contributed by atoms with Gasteiger partial charge in [0.1, 0.15) is 11.6 Å². The van der Waals surface area contributed by atoms with Crippen LogP contribution in [0.4, 0.5) is 4.39 Å². The van der Waals surface area contributed by atoms with Crippen LogP contribution >= 0.6 is 0 Å². The van der Waals surface area contributed by atoms with E-state index >= 15 is 0 Å². The SMILES string of the molecule is COc1cccc(CCNC2CS(=O)(=O)CC2S(=O)(=O)c2ccc(F)c(C)c2)c1. The van der Waals surface area contributed by atoms with Crippen molar-refractivity contribution < 1.29 is 26.0 Å². The van der Waals surface area contributed by atoms with Crippen LogP contribution in [0.15, 0.2) is 47.4 Å². The summed E-state index contributed by atoms with van der Waals surface area (Å²) in [6.07, 6.45) is 0.593. The average Bonchev–Trinajstić information content (AvgIpc) is 2.99. The molecular weight excluding hydrogens is 417 g/mol. The van der Waals surface area contributed by atoms with Gasteiger partial charge in [0, 0.05) is 6.04 Å². The van der Waals surface area contributed by atoms with Gasteiger partial charge in [0.15, 0.2) is 19.7 Å². The van der Waals surface area contributed by atoms with Crippen LogP contribution in [0.3, 0.4) is 0 Å². The molecule has 29 heavy (non-hydrogen) atoms. The molecule has 2 aromatic rings. The summed E-state index contributed by atoms with van der Waals surface area (Å²) < 4.78 is 69.2. The van der Waals surface area contributed by atoms with E-state index in [2.05, 4.69) is 5.32 Å². The molecular formula is C20H24FNO5S2. The van der Waals surface area contributed by atoms with Gasteiger partial charge in [-0.05, 0) is 61.3 Å². The van der Waals surface area contributed by atoms with Crippen LogP contribution in [-0.4, -0.2) is 53.3 Å². The first-order valence-electron chi connectivity index (χ1n) is 9.19. The lowest BCUT2D eigenvalue weighted by Gasteiger charge is -2.20. The molecule has 2 aromatic carbocycles. The summed E-state index contributed by atoms with van der Waals surface area (Å²) in [5.41, 5.74) is 1.20. The molecule has 3 rings (SSSR count). The van der Waals surface area contributed by atoms with Gasteiger partial charge in [-0.2, -0.15) is 0 Å². The highest BCUT2D eigenvalue weighted by atomic mass is 32.2. The maximum Gasteiger partial charge on any atom is 0.183 e. The molecule has 1 heterocycles. The van der Waals surface area contributed by atoms with Gasteiger partial charge in [0.25, 0.3) is 0 Å². The zero-order valence-corrected chi connectivity index (χ0v) is 17.9. The van der Waals surface area contributed by atoms with E-state index in [0.717, 1.165) is 17.4 Å². The number of hydrogen-bond acceptors (Lipinski definition) is 6. The zero-order valence-electron chi connectivity index (χ0n) is 16.3. The van der Waals surface area contributed by atoms with Crippen LogP contribution in [0.25, 0.3) is 0 Å². The molecule has 0 spiro atoms. The third-order valence-corrected chi connectivity index (χ3v) is 9.26. The van der Waals surface area contributed by atoms with Gasteiger partial charge in [-0.25, -0.2) is 21.2 Å². The quantitative estimate of drug-likeness (QED) is 0.661. The summed E-state index contributed by atoms with van der Waals surface area (Å²) in [5.74, 6) is -0.466. The number of ether oxygens (including phenoxy) is 1. The van der Waals surface area contributed by atoms with E-state index in [0.29, 0.717) is 13.0 Å². The van der Waals surface area contributed by atoms with Crippen molar-refractivity contribution in [3.8, 4) is 5.75 Å².